The highest BCUT2D eigenvalue weighted by Crippen LogP contribution is 2.32. The van der Waals surface area contributed by atoms with Crippen LogP contribution in [0.25, 0.3) is 0 Å². The summed E-state index contributed by atoms with van der Waals surface area (Å²) >= 11 is 0. The summed E-state index contributed by atoms with van der Waals surface area (Å²) in [5, 5.41) is 3.22. The van der Waals surface area contributed by atoms with E-state index in [1.54, 1.807) is 6.26 Å². The van der Waals surface area contributed by atoms with E-state index < -0.39 is 0 Å². The molecule has 1 aromatic carbocycles. The number of hydrogen-bond acceptors (Lipinski definition) is 3. The minimum absolute atomic E-state index is 0.0212. The van der Waals surface area contributed by atoms with E-state index in [0.29, 0.717) is 13.1 Å². The second kappa shape index (κ2) is 8.40. The summed E-state index contributed by atoms with van der Waals surface area (Å²) in [6.07, 6.45) is 6.21. The third-order valence-electron chi connectivity index (χ3n) is 6.31. The van der Waals surface area contributed by atoms with Gasteiger partial charge < -0.3 is 19.2 Å². The Labute approximate surface area is 177 Å². The number of nitrogens with one attached hydrogen (secondary N) is 1. The first kappa shape index (κ1) is 19.0. The molecule has 0 saturated carbocycles. The number of furan rings is 1. The first-order valence-corrected chi connectivity index (χ1v) is 10.8. The quantitative estimate of drug-likeness (QED) is 0.698. The van der Waals surface area contributed by atoms with E-state index in [1.807, 2.05) is 35.2 Å². The van der Waals surface area contributed by atoms with E-state index in [1.165, 1.54) is 12.8 Å². The molecule has 1 N–H and O–H groups in total. The van der Waals surface area contributed by atoms with Crippen LogP contribution in [0.2, 0.25) is 0 Å². The van der Waals surface area contributed by atoms with Crippen molar-refractivity contribution in [2.75, 3.05) is 26.2 Å². The molecule has 2 aliphatic rings. The van der Waals surface area contributed by atoms with Crippen molar-refractivity contribution in [3.05, 3.63) is 84.1 Å². The lowest BCUT2D eigenvalue weighted by molar-refractivity contribution is 0.159. The third kappa shape index (κ3) is 3.63. The highest BCUT2D eigenvalue weighted by molar-refractivity contribution is 5.75. The zero-order valence-corrected chi connectivity index (χ0v) is 17.1. The van der Waals surface area contributed by atoms with Crippen LogP contribution in [0.4, 0.5) is 4.79 Å². The average molecular weight is 405 g/mol. The van der Waals surface area contributed by atoms with Crippen LogP contribution in [0.15, 0.2) is 71.5 Å². The molecule has 1 saturated heterocycles. The number of urea groups is 1. The number of rotatable bonds is 5. The Balaban J connectivity index is 1.35. The maximum absolute atomic E-state index is 13.4. The molecule has 5 rings (SSSR count). The Morgan fingerprint density at radius 1 is 1.00 bits per heavy atom. The van der Waals surface area contributed by atoms with E-state index in [4.69, 9.17) is 4.42 Å². The maximum Gasteiger partial charge on any atom is 0.318 e. The number of hydrogen-bond donors (Lipinski definition) is 1. The van der Waals surface area contributed by atoms with Crippen molar-refractivity contribution in [2.45, 2.75) is 31.5 Å². The molecule has 2 aromatic heterocycles. The van der Waals surface area contributed by atoms with Gasteiger partial charge in [-0.3, -0.25) is 4.90 Å². The normalized spacial score (nSPS) is 20.1. The number of carbonyl (C=O) groups excluding carboxylic acids is 1. The van der Waals surface area contributed by atoms with Crippen molar-refractivity contribution in [1.29, 1.82) is 0 Å². The van der Waals surface area contributed by atoms with Gasteiger partial charge in [-0.1, -0.05) is 30.3 Å². The van der Waals surface area contributed by atoms with Crippen molar-refractivity contribution in [3.63, 3.8) is 0 Å². The monoisotopic (exact) mass is 404 g/mol. The number of likely N-dealkylation sites (tertiary alicyclic amines) is 1. The van der Waals surface area contributed by atoms with Gasteiger partial charge in [-0.2, -0.15) is 0 Å². The van der Waals surface area contributed by atoms with Gasteiger partial charge in [0.25, 0.3) is 0 Å². The number of nitrogens with zero attached hydrogens (tertiary/aromatic N) is 3. The second-order valence-corrected chi connectivity index (χ2v) is 8.09. The van der Waals surface area contributed by atoms with Gasteiger partial charge in [-0.25, -0.2) is 4.79 Å². The standard InChI is InChI=1S/C24H28N4O2/c29-24(25-18-21(22-11-7-17-30-22)26-12-4-5-13-26)28-16-15-27-14-6-10-20(27)23(28)19-8-2-1-3-9-19/h1-3,6-11,14,17,21,23H,4-5,12-13,15-16,18H2,(H,25,29)/t21-,23-/m0/s1. The molecule has 30 heavy (non-hydrogen) atoms. The van der Waals surface area contributed by atoms with Gasteiger partial charge in [0.15, 0.2) is 0 Å². The number of aromatic nitrogens is 1. The number of carbonyl (C=O) groups is 1. The van der Waals surface area contributed by atoms with Gasteiger partial charge in [-0.15, -0.1) is 0 Å². The topological polar surface area (TPSA) is 53.7 Å². The fourth-order valence-electron chi connectivity index (χ4n) is 4.82. The van der Waals surface area contributed by atoms with Crippen LogP contribution < -0.4 is 5.32 Å². The molecule has 156 valence electrons. The first-order valence-electron chi connectivity index (χ1n) is 10.8. The van der Waals surface area contributed by atoms with E-state index in [0.717, 1.165) is 36.7 Å². The molecule has 2 atom stereocenters. The van der Waals surface area contributed by atoms with Crippen LogP contribution in [-0.4, -0.2) is 46.6 Å². The molecule has 0 radical (unpaired) electrons. The van der Waals surface area contributed by atoms with Gasteiger partial charge in [0.05, 0.1) is 18.3 Å². The lowest BCUT2D eigenvalue weighted by atomic mass is 10.0. The minimum Gasteiger partial charge on any atom is -0.468 e. The van der Waals surface area contributed by atoms with E-state index in [2.05, 4.69) is 45.2 Å². The molecule has 4 heterocycles. The van der Waals surface area contributed by atoms with E-state index in [9.17, 15) is 4.79 Å². The van der Waals surface area contributed by atoms with E-state index in [-0.39, 0.29) is 18.1 Å². The predicted molar refractivity (Wildman–Crippen MR) is 115 cm³/mol. The zero-order valence-electron chi connectivity index (χ0n) is 17.1. The smallest absolute Gasteiger partial charge is 0.318 e. The largest absolute Gasteiger partial charge is 0.468 e. The fourth-order valence-corrected chi connectivity index (χ4v) is 4.82. The molecule has 0 bridgehead atoms. The van der Waals surface area contributed by atoms with Crippen molar-refractivity contribution in [2.24, 2.45) is 0 Å². The van der Waals surface area contributed by atoms with Gasteiger partial charge in [0.1, 0.15) is 5.76 Å². The molecular formula is C24H28N4O2. The van der Waals surface area contributed by atoms with Crippen LogP contribution in [0.5, 0.6) is 0 Å². The van der Waals surface area contributed by atoms with Gasteiger partial charge in [0, 0.05) is 31.5 Å². The van der Waals surface area contributed by atoms with Gasteiger partial charge in [0.2, 0.25) is 0 Å². The summed E-state index contributed by atoms with van der Waals surface area (Å²) in [5.41, 5.74) is 2.29. The zero-order chi connectivity index (χ0) is 20.3. The molecule has 6 nitrogen and oxygen atoms in total. The summed E-state index contributed by atoms with van der Waals surface area (Å²) in [5.74, 6) is 0.921. The van der Waals surface area contributed by atoms with Crippen LogP contribution in [0.1, 0.15) is 41.9 Å². The summed E-state index contributed by atoms with van der Waals surface area (Å²) in [4.78, 5) is 17.7. The minimum atomic E-state index is -0.0798. The summed E-state index contributed by atoms with van der Waals surface area (Å²) in [6, 6.07) is 18.4. The van der Waals surface area contributed by atoms with Crippen molar-refractivity contribution >= 4 is 6.03 Å². The second-order valence-electron chi connectivity index (χ2n) is 8.09. The van der Waals surface area contributed by atoms with Crippen LogP contribution >= 0.6 is 0 Å². The SMILES string of the molecule is O=C(NC[C@@H](c1ccco1)N1CCCC1)N1CCn2cccc2[C@@H]1c1ccccc1. The molecule has 0 spiro atoms. The number of benzene rings is 1. The predicted octanol–water partition coefficient (Wildman–Crippen LogP) is 4.03. The van der Waals surface area contributed by atoms with Crippen LogP contribution in [0.3, 0.4) is 0 Å². The highest BCUT2D eigenvalue weighted by Gasteiger charge is 2.33. The maximum atomic E-state index is 13.4. The van der Waals surface area contributed by atoms with Crippen LogP contribution in [0, 0.1) is 0 Å². The van der Waals surface area contributed by atoms with Gasteiger partial charge in [-0.05, 0) is 55.8 Å². The summed E-state index contributed by atoms with van der Waals surface area (Å²) in [6.45, 7) is 4.14. The third-order valence-corrected chi connectivity index (χ3v) is 6.31. The Bertz CT molecular complexity index is 960. The lowest BCUT2D eigenvalue weighted by Gasteiger charge is -2.38. The Hall–Kier alpha value is -2.99. The first-order chi connectivity index (χ1) is 14.8. The fraction of sp³-hybridized carbons (Fsp3) is 0.375. The van der Waals surface area contributed by atoms with Crippen molar-refractivity contribution in [3.8, 4) is 0 Å². The summed E-state index contributed by atoms with van der Waals surface area (Å²) < 4.78 is 7.95. The molecule has 3 aromatic rings. The van der Waals surface area contributed by atoms with Crippen molar-refractivity contribution < 1.29 is 9.21 Å². The molecule has 6 heteroatoms. The molecule has 0 unspecified atom stereocenters. The van der Waals surface area contributed by atoms with Gasteiger partial charge >= 0.3 is 6.03 Å². The number of amides is 2. The molecular weight excluding hydrogens is 376 g/mol. The molecule has 1 fully saturated rings. The Morgan fingerprint density at radius 2 is 1.83 bits per heavy atom. The molecule has 2 aliphatic heterocycles. The average Bonchev–Trinajstić information content (AvgIpc) is 3.56. The number of fused-ring (bicyclic) bond motifs is 1. The molecule has 0 aliphatic carbocycles. The van der Waals surface area contributed by atoms with Crippen molar-refractivity contribution in [1.82, 2.24) is 19.7 Å². The Morgan fingerprint density at radius 3 is 2.60 bits per heavy atom. The van der Waals surface area contributed by atoms with E-state index >= 15 is 0 Å². The lowest BCUT2D eigenvalue weighted by Crippen LogP contribution is -2.49. The van der Waals surface area contributed by atoms with Crippen LogP contribution in [-0.2, 0) is 6.54 Å². The summed E-state index contributed by atoms with van der Waals surface area (Å²) in [7, 11) is 0. The Kier molecular flexibility index (Phi) is 5.32. The molecule has 2 amide bonds. The highest BCUT2D eigenvalue weighted by atomic mass is 16.3.